The number of hydrogen-bond donors (Lipinski definition) is 3. The maximum absolute atomic E-state index is 13.4. The van der Waals surface area contributed by atoms with Crippen LogP contribution in [0.5, 0.6) is 5.75 Å². The first-order valence-corrected chi connectivity index (χ1v) is 13.5. The van der Waals surface area contributed by atoms with Crippen molar-refractivity contribution in [3.8, 4) is 5.75 Å². The van der Waals surface area contributed by atoms with E-state index in [4.69, 9.17) is 19.6 Å². The molecular weight excluding hydrogens is 490 g/mol. The molecule has 1 amide bonds. The first kappa shape index (κ1) is 28.1. The van der Waals surface area contributed by atoms with Crippen LogP contribution in [0.2, 0.25) is 0 Å². The monoisotopic (exact) mass is 527 g/mol. The van der Waals surface area contributed by atoms with Gasteiger partial charge in [-0.3, -0.25) is 10.2 Å². The van der Waals surface area contributed by atoms with Gasteiger partial charge >= 0.3 is 0 Å². The second-order valence-corrected chi connectivity index (χ2v) is 9.53. The Hall–Kier alpha value is -3.94. The topological polar surface area (TPSA) is 92.2 Å². The number of ether oxygens (including phenoxy) is 2. The van der Waals surface area contributed by atoms with Crippen molar-refractivity contribution in [2.75, 3.05) is 26.4 Å². The maximum atomic E-state index is 13.4. The minimum atomic E-state index is -1.08. The number of aliphatic hydroxyl groups is 1. The summed E-state index contributed by atoms with van der Waals surface area (Å²) in [5.74, 6) is 0.919. The lowest BCUT2D eigenvalue weighted by Gasteiger charge is -2.22. The van der Waals surface area contributed by atoms with Crippen LogP contribution in [-0.4, -0.2) is 48.8 Å². The van der Waals surface area contributed by atoms with E-state index in [0.717, 1.165) is 30.4 Å². The summed E-state index contributed by atoms with van der Waals surface area (Å²) in [6, 6.07) is 27.8. The number of unbranched alkanes of at least 4 members (excludes halogenated alkanes) is 1. The van der Waals surface area contributed by atoms with Gasteiger partial charge in [0.15, 0.2) is 5.54 Å². The molecule has 0 radical (unpaired) electrons. The van der Waals surface area contributed by atoms with Crippen LogP contribution >= 0.6 is 0 Å². The van der Waals surface area contributed by atoms with Crippen LogP contribution in [0, 0.1) is 0 Å². The zero-order valence-corrected chi connectivity index (χ0v) is 22.2. The fourth-order valence-electron chi connectivity index (χ4n) is 4.26. The lowest BCUT2D eigenvalue weighted by Crippen LogP contribution is -2.51. The van der Waals surface area contributed by atoms with Crippen molar-refractivity contribution in [3.05, 3.63) is 108 Å². The molecule has 1 aliphatic heterocycles. The summed E-state index contributed by atoms with van der Waals surface area (Å²) in [7, 11) is 0. The van der Waals surface area contributed by atoms with E-state index >= 15 is 0 Å². The van der Waals surface area contributed by atoms with Crippen molar-refractivity contribution in [3.63, 3.8) is 0 Å². The third-order valence-corrected chi connectivity index (χ3v) is 6.49. The molecule has 0 saturated carbocycles. The summed E-state index contributed by atoms with van der Waals surface area (Å²) in [5.41, 5.74) is 8.04. The lowest BCUT2D eigenvalue weighted by molar-refractivity contribution is -0.127. The molecule has 204 valence electrons. The van der Waals surface area contributed by atoms with Crippen LogP contribution in [0.25, 0.3) is 6.08 Å². The van der Waals surface area contributed by atoms with Gasteiger partial charge in [0.05, 0.1) is 6.61 Å². The third kappa shape index (κ3) is 8.53. The van der Waals surface area contributed by atoms with E-state index in [1.165, 1.54) is 5.56 Å². The highest BCUT2D eigenvalue weighted by Crippen LogP contribution is 2.27. The van der Waals surface area contributed by atoms with Crippen LogP contribution < -0.4 is 15.6 Å². The predicted octanol–water partition coefficient (Wildman–Crippen LogP) is 4.71. The number of hydrazine groups is 1. The molecule has 4 rings (SSSR count). The number of rotatable bonds is 15. The lowest BCUT2D eigenvalue weighted by atomic mass is 9.95. The number of benzene rings is 3. The average Bonchev–Trinajstić information content (AvgIpc) is 3.42. The van der Waals surface area contributed by atoms with Gasteiger partial charge in [0.25, 0.3) is 5.91 Å². The molecule has 1 aliphatic rings. The maximum Gasteiger partial charge on any atom is 0.266 e. The molecule has 3 N–H and O–H groups in total. The highest BCUT2D eigenvalue weighted by molar-refractivity contribution is 6.00. The molecule has 0 bridgehead atoms. The number of carbonyl (C=O) groups is 1. The van der Waals surface area contributed by atoms with Gasteiger partial charge in [-0.1, -0.05) is 72.8 Å². The van der Waals surface area contributed by atoms with Gasteiger partial charge in [0.1, 0.15) is 12.4 Å². The van der Waals surface area contributed by atoms with Crippen molar-refractivity contribution in [1.82, 2.24) is 10.9 Å². The number of aliphatic imine (C=N–C) groups is 1. The van der Waals surface area contributed by atoms with Gasteiger partial charge in [-0.05, 0) is 54.7 Å². The van der Waals surface area contributed by atoms with Crippen LogP contribution in [0.4, 0.5) is 0 Å². The molecule has 0 spiro atoms. The first-order valence-electron chi connectivity index (χ1n) is 13.5. The van der Waals surface area contributed by atoms with E-state index in [1.54, 1.807) is 0 Å². The SMILES string of the molecule is O=C(NNCCCCc1ccccc1)[C@]1(C/C=C/c2ccccc2)COC(c2ccc(OCCCO)cc2)=N1. The van der Waals surface area contributed by atoms with Crippen molar-refractivity contribution in [2.24, 2.45) is 4.99 Å². The van der Waals surface area contributed by atoms with E-state index in [0.29, 0.717) is 37.6 Å². The van der Waals surface area contributed by atoms with Gasteiger partial charge in [0.2, 0.25) is 5.90 Å². The second kappa shape index (κ2) is 14.9. The normalized spacial score (nSPS) is 16.6. The minimum absolute atomic E-state index is 0.0914. The largest absolute Gasteiger partial charge is 0.494 e. The number of hydrogen-bond acceptors (Lipinski definition) is 6. The molecular formula is C32H37N3O4. The van der Waals surface area contributed by atoms with Crippen molar-refractivity contribution in [2.45, 2.75) is 37.6 Å². The Morgan fingerprint density at radius 1 is 0.974 bits per heavy atom. The highest BCUT2D eigenvalue weighted by Gasteiger charge is 2.43. The predicted molar refractivity (Wildman–Crippen MR) is 154 cm³/mol. The van der Waals surface area contributed by atoms with E-state index in [1.807, 2.05) is 72.8 Å². The summed E-state index contributed by atoms with van der Waals surface area (Å²) in [6.07, 6.45) is 7.93. The van der Waals surface area contributed by atoms with Crippen molar-refractivity contribution in [1.29, 1.82) is 0 Å². The average molecular weight is 528 g/mol. The van der Waals surface area contributed by atoms with Gasteiger partial charge in [-0.15, -0.1) is 0 Å². The molecule has 3 aromatic rings. The molecule has 0 unspecified atom stereocenters. The molecule has 1 atom stereocenters. The summed E-state index contributed by atoms with van der Waals surface area (Å²) in [4.78, 5) is 18.2. The number of aliphatic hydroxyl groups excluding tert-OH is 1. The van der Waals surface area contributed by atoms with Crippen LogP contribution in [0.1, 0.15) is 42.4 Å². The Morgan fingerprint density at radius 3 is 2.46 bits per heavy atom. The van der Waals surface area contributed by atoms with E-state index < -0.39 is 5.54 Å². The molecule has 0 aromatic heterocycles. The molecule has 0 fully saturated rings. The van der Waals surface area contributed by atoms with Crippen LogP contribution in [-0.2, 0) is 16.0 Å². The standard InChI is InChI=1S/C32H37N3O4/c36-23-10-24-38-29-19-17-28(18-20-29)30-34-32(25-39-30,21-9-16-27-13-5-2-6-14-27)31(37)35-33-22-8-7-15-26-11-3-1-4-12-26/h1-6,9,11-14,16-20,33,36H,7-8,10,15,21-25H2,(H,35,37)/b16-9+/t32-/m0/s1. The summed E-state index contributed by atoms with van der Waals surface area (Å²) < 4.78 is 11.6. The molecule has 7 nitrogen and oxygen atoms in total. The van der Waals surface area contributed by atoms with Crippen molar-refractivity contribution < 1.29 is 19.4 Å². The second-order valence-electron chi connectivity index (χ2n) is 9.53. The summed E-state index contributed by atoms with van der Waals surface area (Å²) >= 11 is 0. The molecule has 1 heterocycles. The number of nitrogens with one attached hydrogen (secondary N) is 2. The number of nitrogens with zero attached hydrogens (tertiary/aromatic N) is 1. The molecule has 39 heavy (non-hydrogen) atoms. The van der Waals surface area contributed by atoms with E-state index in [-0.39, 0.29) is 19.1 Å². The fourth-order valence-corrected chi connectivity index (χ4v) is 4.26. The number of aryl methyl sites for hydroxylation is 1. The zero-order valence-electron chi connectivity index (χ0n) is 22.2. The van der Waals surface area contributed by atoms with Gasteiger partial charge in [0, 0.05) is 31.6 Å². The summed E-state index contributed by atoms with van der Waals surface area (Å²) in [5, 5.41) is 8.93. The number of amides is 1. The Morgan fingerprint density at radius 2 is 1.72 bits per heavy atom. The molecule has 0 saturated heterocycles. The molecule has 0 aliphatic carbocycles. The molecule has 7 heteroatoms. The van der Waals surface area contributed by atoms with Crippen LogP contribution in [0.15, 0.2) is 96.0 Å². The van der Waals surface area contributed by atoms with Gasteiger partial charge < -0.3 is 14.6 Å². The van der Waals surface area contributed by atoms with Gasteiger partial charge in [-0.25, -0.2) is 10.4 Å². The summed E-state index contributed by atoms with van der Waals surface area (Å²) in [6.45, 7) is 1.36. The first-order chi connectivity index (χ1) is 19.2. The molecule has 3 aromatic carbocycles. The van der Waals surface area contributed by atoms with E-state index in [2.05, 4.69) is 35.1 Å². The zero-order chi connectivity index (χ0) is 27.2. The van der Waals surface area contributed by atoms with E-state index in [9.17, 15) is 4.79 Å². The smallest absolute Gasteiger partial charge is 0.266 e. The Labute approximate surface area is 230 Å². The highest BCUT2D eigenvalue weighted by atomic mass is 16.5. The third-order valence-electron chi connectivity index (χ3n) is 6.49. The Kier molecular flexibility index (Phi) is 10.7. The number of carbonyl (C=O) groups excluding carboxylic acids is 1. The van der Waals surface area contributed by atoms with Gasteiger partial charge in [-0.2, -0.15) is 0 Å². The quantitative estimate of drug-likeness (QED) is 0.197. The minimum Gasteiger partial charge on any atom is -0.494 e. The van der Waals surface area contributed by atoms with Crippen molar-refractivity contribution >= 4 is 17.9 Å². The fraction of sp³-hybridized carbons (Fsp3) is 0.312. The Balaban J connectivity index is 1.38. The van der Waals surface area contributed by atoms with Crippen LogP contribution in [0.3, 0.4) is 0 Å². The Bertz CT molecular complexity index is 1210.